The van der Waals surface area contributed by atoms with E-state index in [1.54, 1.807) is 0 Å². The molecule has 0 aliphatic carbocycles. The van der Waals surface area contributed by atoms with Crippen molar-refractivity contribution >= 4 is 5.78 Å². The van der Waals surface area contributed by atoms with E-state index in [2.05, 4.69) is 5.32 Å². The topological polar surface area (TPSA) is 58.6 Å². The third kappa shape index (κ3) is 6.19. The third-order valence-electron chi connectivity index (χ3n) is 4.28. The second-order valence-electron chi connectivity index (χ2n) is 8.25. The summed E-state index contributed by atoms with van der Waals surface area (Å²) in [4.78, 5) is 13.1. The molecule has 4 nitrogen and oxygen atoms in total. The summed E-state index contributed by atoms with van der Waals surface area (Å²) < 4.78 is 5.88. The standard InChI is InChI=1S/C23H31NO3/c1-15-7-9-18(10-8-15)22(26)21-17(3)11-16(2)12-20(21)27-14-19(25)13-24-23(4,5)6/h7-12,19,24-25H,13-14H2,1-6H3. The molecule has 0 saturated heterocycles. The van der Waals surface area contributed by atoms with E-state index in [0.717, 1.165) is 16.7 Å². The number of carbonyl (C=O) groups is 1. The summed E-state index contributed by atoms with van der Waals surface area (Å²) >= 11 is 0. The van der Waals surface area contributed by atoms with Gasteiger partial charge in [-0.25, -0.2) is 0 Å². The molecule has 0 fully saturated rings. The van der Waals surface area contributed by atoms with Crippen LogP contribution in [-0.4, -0.2) is 35.7 Å². The second kappa shape index (κ2) is 8.68. The summed E-state index contributed by atoms with van der Waals surface area (Å²) in [5, 5.41) is 13.5. The maximum absolute atomic E-state index is 13.1. The molecule has 2 N–H and O–H groups in total. The molecule has 0 spiro atoms. The second-order valence-corrected chi connectivity index (χ2v) is 8.25. The van der Waals surface area contributed by atoms with Crippen molar-refractivity contribution in [2.24, 2.45) is 0 Å². The molecule has 0 radical (unpaired) electrons. The number of aliphatic hydroxyl groups excluding tert-OH is 1. The minimum Gasteiger partial charge on any atom is -0.490 e. The van der Waals surface area contributed by atoms with Crippen molar-refractivity contribution in [3.8, 4) is 5.75 Å². The van der Waals surface area contributed by atoms with Gasteiger partial charge in [0.1, 0.15) is 18.5 Å². The maximum Gasteiger partial charge on any atom is 0.197 e. The largest absolute Gasteiger partial charge is 0.490 e. The molecular formula is C23H31NO3. The van der Waals surface area contributed by atoms with Crippen LogP contribution >= 0.6 is 0 Å². The molecule has 2 rings (SSSR count). The van der Waals surface area contributed by atoms with Gasteiger partial charge in [-0.05, 0) is 58.7 Å². The highest BCUT2D eigenvalue weighted by Crippen LogP contribution is 2.27. The van der Waals surface area contributed by atoms with Crippen molar-refractivity contribution in [3.63, 3.8) is 0 Å². The van der Waals surface area contributed by atoms with E-state index in [1.807, 2.05) is 77.9 Å². The van der Waals surface area contributed by atoms with Crippen LogP contribution in [-0.2, 0) is 0 Å². The normalized spacial score (nSPS) is 12.7. The number of hydrogen-bond acceptors (Lipinski definition) is 4. The van der Waals surface area contributed by atoms with Crippen LogP contribution in [0.3, 0.4) is 0 Å². The zero-order valence-electron chi connectivity index (χ0n) is 17.2. The molecule has 1 atom stereocenters. The lowest BCUT2D eigenvalue weighted by Gasteiger charge is -2.23. The average molecular weight is 370 g/mol. The van der Waals surface area contributed by atoms with Crippen LogP contribution < -0.4 is 10.1 Å². The first kappa shape index (κ1) is 21.1. The number of hydrogen-bond donors (Lipinski definition) is 2. The maximum atomic E-state index is 13.1. The summed E-state index contributed by atoms with van der Waals surface area (Å²) in [6, 6.07) is 11.4. The number of ketones is 1. The molecule has 0 amide bonds. The van der Waals surface area contributed by atoms with Crippen LogP contribution in [0, 0.1) is 20.8 Å². The summed E-state index contributed by atoms with van der Waals surface area (Å²) in [7, 11) is 0. The predicted molar refractivity (Wildman–Crippen MR) is 110 cm³/mol. The van der Waals surface area contributed by atoms with Crippen molar-refractivity contribution in [3.05, 3.63) is 64.2 Å². The SMILES string of the molecule is Cc1ccc(C(=O)c2c(C)cc(C)cc2OCC(O)CNC(C)(C)C)cc1. The lowest BCUT2D eigenvalue weighted by atomic mass is 9.96. The first-order valence-electron chi connectivity index (χ1n) is 9.35. The van der Waals surface area contributed by atoms with E-state index in [1.165, 1.54) is 0 Å². The quantitative estimate of drug-likeness (QED) is 0.725. The fourth-order valence-corrected chi connectivity index (χ4v) is 2.85. The Kier molecular flexibility index (Phi) is 6.79. The van der Waals surface area contributed by atoms with Crippen LogP contribution in [0.5, 0.6) is 5.75 Å². The van der Waals surface area contributed by atoms with Crippen molar-refractivity contribution in [2.75, 3.05) is 13.2 Å². The number of carbonyl (C=O) groups excluding carboxylic acids is 1. The monoisotopic (exact) mass is 369 g/mol. The molecule has 0 aromatic heterocycles. The molecule has 0 bridgehead atoms. The number of aryl methyl sites for hydroxylation is 3. The molecule has 0 aliphatic rings. The van der Waals surface area contributed by atoms with Gasteiger partial charge >= 0.3 is 0 Å². The van der Waals surface area contributed by atoms with Crippen LogP contribution in [0.1, 0.15) is 53.4 Å². The van der Waals surface area contributed by atoms with E-state index in [4.69, 9.17) is 4.74 Å². The summed E-state index contributed by atoms with van der Waals surface area (Å²) in [5.74, 6) is 0.456. The Bertz CT molecular complexity index is 789. The number of aliphatic hydroxyl groups is 1. The summed E-state index contributed by atoms with van der Waals surface area (Å²) in [6.07, 6.45) is -0.660. The lowest BCUT2D eigenvalue weighted by Crippen LogP contribution is -2.42. The van der Waals surface area contributed by atoms with Crippen LogP contribution in [0.25, 0.3) is 0 Å². The Balaban J connectivity index is 2.21. The van der Waals surface area contributed by atoms with Gasteiger partial charge in [0.15, 0.2) is 5.78 Å². The van der Waals surface area contributed by atoms with Crippen molar-refractivity contribution in [2.45, 2.75) is 53.2 Å². The Morgan fingerprint density at radius 2 is 1.70 bits per heavy atom. The van der Waals surface area contributed by atoms with Crippen LogP contribution in [0.2, 0.25) is 0 Å². The number of ether oxygens (including phenoxy) is 1. The van der Waals surface area contributed by atoms with Crippen LogP contribution in [0.15, 0.2) is 36.4 Å². The molecule has 2 aromatic rings. The van der Waals surface area contributed by atoms with E-state index in [-0.39, 0.29) is 17.9 Å². The van der Waals surface area contributed by atoms with Crippen LogP contribution in [0.4, 0.5) is 0 Å². The summed E-state index contributed by atoms with van der Waals surface area (Å²) in [6.45, 7) is 12.6. The fraction of sp³-hybridized carbons (Fsp3) is 0.435. The fourth-order valence-electron chi connectivity index (χ4n) is 2.85. The Labute approximate surface area is 162 Å². The minimum atomic E-state index is -0.660. The summed E-state index contributed by atoms with van der Waals surface area (Å²) in [5.41, 5.74) is 4.11. The zero-order valence-corrected chi connectivity index (χ0v) is 17.2. The van der Waals surface area contributed by atoms with Gasteiger partial charge in [0.05, 0.1) is 5.56 Å². The van der Waals surface area contributed by atoms with Gasteiger partial charge in [0.2, 0.25) is 0 Å². The van der Waals surface area contributed by atoms with E-state index in [9.17, 15) is 9.90 Å². The molecule has 2 aromatic carbocycles. The van der Waals surface area contributed by atoms with Gasteiger partial charge in [-0.1, -0.05) is 35.9 Å². The first-order chi connectivity index (χ1) is 12.6. The minimum absolute atomic E-state index is 0.0650. The van der Waals surface area contributed by atoms with Gasteiger partial charge in [0.25, 0.3) is 0 Å². The lowest BCUT2D eigenvalue weighted by molar-refractivity contribution is 0.0958. The molecule has 1 unspecified atom stereocenters. The highest BCUT2D eigenvalue weighted by atomic mass is 16.5. The molecule has 0 aliphatic heterocycles. The van der Waals surface area contributed by atoms with Gasteiger partial charge in [-0.2, -0.15) is 0 Å². The first-order valence-corrected chi connectivity index (χ1v) is 9.35. The Hall–Kier alpha value is -2.17. The number of benzene rings is 2. The molecule has 0 saturated carbocycles. The van der Waals surface area contributed by atoms with Gasteiger partial charge in [-0.3, -0.25) is 4.79 Å². The molecular weight excluding hydrogens is 338 g/mol. The van der Waals surface area contributed by atoms with Gasteiger partial charge in [0, 0.05) is 17.6 Å². The number of rotatable bonds is 7. The van der Waals surface area contributed by atoms with Crippen molar-refractivity contribution in [1.29, 1.82) is 0 Å². The third-order valence-corrected chi connectivity index (χ3v) is 4.28. The smallest absolute Gasteiger partial charge is 0.197 e. The van der Waals surface area contributed by atoms with Gasteiger partial charge < -0.3 is 15.2 Å². The van der Waals surface area contributed by atoms with E-state index in [0.29, 0.717) is 23.4 Å². The van der Waals surface area contributed by atoms with E-state index < -0.39 is 6.10 Å². The van der Waals surface area contributed by atoms with E-state index >= 15 is 0 Å². The molecule has 146 valence electrons. The number of β-amino-alcohol motifs (C(OH)–C–C–N with tert-alkyl or cyclic N) is 1. The molecule has 27 heavy (non-hydrogen) atoms. The van der Waals surface area contributed by atoms with Crippen molar-refractivity contribution < 1.29 is 14.6 Å². The molecule has 0 heterocycles. The molecule has 4 heteroatoms. The average Bonchev–Trinajstić information content (AvgIpc) is 2.57. The highest BCUT2D eigenvalue weighted by molar-refractivity contribution is 6.11. The predicted octanol–water partition coefficient (Wildman–Crippen LogP) is 3.97. The zero-order chi connectivity index (χ0) is 20.2. The highest BCUT2D eigenvalue weighted by Gasteiger charge is 2.19. The van der Waals surface area contributed by atoms with Gasteiger partial charge in [-0.15, -0.1) is 0 Å². The number of nitrogens with one attached hydrogen (secondary N) is 1. The Morgan fingerprint density at radius 1 is 1.07 bits per heavy atom. The Morgan fingerprint density at radius 3 is 2.30 bits per heavy atom. The van der Waals surface area contributed by atoms with Crippen molar-refractivity contribution in [1.82, 2.24) is 5.32 Å².